The molecule has 104 valence electrons. The molecule has 2 aromatic rings. The standard InChI is InChI=1S/C14H15N3O3/c1-3-20-10-6-4-9(5-7-10)12-13(15)16-8-11(17-12)14(18)19-2/h4-8H,3H2,1-2H3,(H2,15,16). The van der Waals surface area contributed by atoms with Crippen molar-refractivity contribution in [2.45, 2.75) is 6.92 Å². The third-order valence-electron chi connectivity index (χ3n) is 2.63. The van der Waals surface area contributed by atoms with Gasteiger partial charge in [-0.3, -0.25) is 0 Å². The van der Waals surface area contributed by atoms with E-state index >= 15 is 0 Å². The van der Waals surface area contributed by atoms with E-state index in [1.165, 1.54) is 13.3 Å². The van der Waals surface area contributed by atoms with Crippen LogP contribution in [0.4, 0.5) is 5.82 Å². The number of nitrogens with two attached hydrogens (primary N) is 1. The van der Waals surface area contributed by atoms with Crippen molar-refractivity contribution in [2.24, 2.45) is 0 Å². The van der Waals surface area contributed by atoms with Crippen LogP contribution in [0.1, 0.15) is 17.4 Å². The van der Waals surface area contributed by atoms with Gasteiger partial charge in [0, 0.05) is 5.56 Å². The molecule has 0 fully saturated rings. The van der Waals surface area contributed by atoms with Crippen LogP contribution in [0.3, 0.4) is 0 Å². The van der Waals surface area contributed by atoms with Crippen molar-refractivity contribution >= 4 is 11.8 Å². The van der Waals surface area contributed by atoms with Gasteiger partial charge >= 0.3 is 5.97 Å². The first kappa shape index (κ1) is 13.8. The fourth-order valence-electron chi connectivity index (χ4n) is 1.69. The maximum atomic E-state index is 11.5. The molecule has 0 amide bonds. The van der Waals surface area contributed by atoms with Crippen LogP contribution in [-0.4, -0.2) is 29.7 Å². The summed E-state index contributed by atoms with van der Waals surface area (Å²) < 4.78 is 9.98. The normalized spacial score (nSPS) is 10.1. The molecule has 2 N–H and O–H groups in total. The SMILES string of the molecule is CCOc1ccc(-c2nc(C(=O)OC)cnc2N)cc1. The fourth-order valence-corrected chi connectivity index (χ4v) is 1.69. The Morgan fingerprint density at radius 3 is 2.60 bits per heavy atom. The zero-order valence-corrected chi connectivity index (χ0v) is 11.3. The van der Waals surface area contributed by atoms with Crippen molar-refractivity contribution in [1.82, 2.24) is 9.97 Å². The Hall–Kier alpha value is -2.63. The molecule has 0 radical (unpaired) electrons. The van der Waals surface area contributed by atoms with Gasteiger partial charge in [0.05, 0.1) is 19.9 Å². The number of anilines is 1. The predicted octanol–water partition coefficient (Wildman–Crippen LogP) is 1.91. The number of nitrogen functional groups attached to an aromatic ring is 1. The second-order valence-electron chi connectivity index (χ2n) is 3.94. The molecule has 6 nitrogen and oxygen atoms in total. The number of benzene rings is 1. The summed E-state index contributed by atoms with van der Waals surface area (Å²) in [5.41, 5.74) is 7.11. The molecule has 0 aliphatic rings. The quantitative estimate of drug-likeness (QED) is 0.856. The van der Waals surface area contributed by atoms with E-state index in [2.05, 4.69) is 14.7 Å². The van der Waals surface area contributed by atoms with E-state index < -0.39 is 5.97 Å². The molecule has 0 aliphatic heterocycles. The van der Waals surface area contributed by atoms with Gasteiger partial charge in [-0.1, -0.05) is 0 Å². The van der Waals surface area contributed by atoms with Crippen LogP contribution in [0, 0.1) is 0 Å². The van der Waals surface area contributed by atoms with Gasteiger partial charge in [0.1, 0.15) is 17.3 Å². The molecule has 0 atom stereocenters. The summed E-state index contributed by atoms with van der Waals surface area (Å²) in [6.07, 6.45) is 1.29. The highest BCUT2D eigenvalue weighted by atomic mass is 16.5. The summed E-state index contributed by atoms with van der Waals surface area (Å²) in [6.45, 7) is 2.51. The summed E-state index contributed by atoms with van der Waals surface area (Å²) >= 11 is 0. The summed E-state index contributed by atoms with van der Waals surface area (Å²) in [5, 5.41) is 0. The average molecular weight is 273 g/mol. The molecule has 0 aliphatic carbocycles. The molecule has 2 rings (SSSR count). The molecule has 1 aromatic heterocycles. The lowest BCUT2D eigenvalue weighted by molar-refractivity contribution is 0.0593. The number of methoxy groups -OCH3 is 1. The number of hydrogen-bond acceptors (Lipinski definition) is 6. The zero-order valence-electron chi connectivity index (χ0n) is 11.3. The molecule has 1 aromatic carbocycles. The van der Waals surface area contributed by atoms with Gasteiger partial charge < -0.3 is 15.2 Å². The van der Waals surface area contributed by atoms with E-state index in [9.17, 15) is 4.79 Å². The Labute approximate surface area is 116 Å². The lowest BCUT2D eigenvalue weighted by atomic mass is 10.1. The molecule has 0 saturated carbocycles. The lowest BCUT2D eigenvalue weighted by Crippen LogP contribution is -2.08. The summed E-state index contributed by atoms with van der Waals surface area (Å²) in [5.74, 6) is 0.457. The van der Waals surface area contributed by atoms with Gasteiger partial charge in [0.2, 0.25) is 0 Å². The Morgan fingerprint density at radius 1 is 1.30 bits per heavy atom. The van der Waals surface area contributed by atoms with Gasteiger partial charge in [0.25, 0.3) is 0 Å². The number of aromatic nitrogens is 2. The predicted molar refractivity (Wildman–Crippen MR) is 74.4 cm³/mol. The second kappa shape index (κ2) is 6.01. The molecule has 6 heteroatoms. The van der Waals surface area contributed by atoms with E-state index in [-0.39, 0.29) is 11.5 Å². The first-order chi connectivity index (χ1) is 9.65. The van der Waals surface area contributed by atoms with E-state index in [1.54, 1.807) is 0 Å². The van der Waals surface area contributed by atoms with Crippen LogP contribution in [0.15, 0.2) is 30.5 Å². The number of nitrogens with zero attached hydrogens (tertiary/aromatic N) is 2. The zero-order chi connectivity index (χ0) is 14.5. The van der Waals surface area contributed by atoms with Crippen molar-refractivity contribution < 1.29 is 14.3 Å². The number of rotatable bonds is 4. The highest BCUT2D eigenvalue weighted by molar-refractivity contribution is 5.88. The number of carbonyl (C=O) groups excluding carboxylic acids is 1. The maximum Gasteiger partial charge on any atom is 0.358 e. The minimum Gasteiger partial charge on any atom is -0.494 e. The van der Waals surface area contributed by atoms with Crippen LogP contribution >= 0.6 is 0 Å². The molecule has 0 saturated heterocycles. The van der Waals surface area contributed by atoms with Crippen molar-refractivity contribution in [2.75, 3.05) is 19.5 Å². The lowest BCUT2D eigenvalue weighted by Gasteiger charge is -2.07. The van der Waals surface area contributed by atoms with E-state index in [1.807, 2.05) is 31.2 Å². The molecule has 0 spiro atoms. The van der Waals surface area contributed by atoms with Gasteiger partial charge in [-0.05, 0) is 31.2 Å². The molecule has 0 bridgehead atoms. The summed E-state index contributed by atoms with van der Waals surface area (Å²) in [6, 6.07) is 7.24. The second-order valence-corrected chi connectivity index (χ2v) is 3.94. The molecule has 0 unspecified atom stereocenters. The van der Waals surface area contributed by atoms with E-state index in [0.29, 0.717) is 12.3 Å². The third kappa shape index (κ3) is 2.85. The number of hydrogen-bond donors (Lipinski definition) is 1. The Bertz CT molecular complexity index is 612. The molecular formula is C14H15N3O3. The first-order valence-electron chi connectivity index (χ1n) is 6.09. The number of esters is 1. The van der Waals surface area contributed by atoms with Crippen molar-refractivity contribution in [1.29, 1.82) is 0 Å². The summed E-state index contributed by atoms with van der Waals surface area (Å²) in [4.78, 5) is 19.6. The molecule has 1 heterocycles. The Kier molecular flexibility index (Phi) is 4.14. The van der Waals surface area contributed by atoms with E-state index in [4.69, 9.17) is 10.5 Å². The number of ether oxygens (including phenoxy) is 2. The largest absolute Gasteiger partial charge is 0.494 e. The Balaban J connectivity index is 2.38. The highest BCUT2D eigenvalue weighted by Gasteiger charge is 2.13. The van der Waals surface area contributed by atoms with Gasteiger partial charge in [-0.2, -0.15) is 0 Å². The average Bonchev–Trinajstić information content (AvgIpc) is 2.48. The molecule has 20 heavy (non-hydrogen) atoms. The van der Waals surface area contributed by atoms with Gasteiger partial charge in [0.15, 0.2) is 5.69 Å². The van der Waals surface area contributed by atoms with Crippen molar-refractivity contribution in [3.63, 3.8) is 0 Å². The maximum absolute atomic E-state index is 11.5. The topological polar surface area (TPSA) is 87.3 Å². The minimum absolute atomic E-state index is 0.116. The minimum atomic E-state index is -0.551. The van der Waals surface area contributed by atoms with Crippen LogP contribution < -0.4 is 10.5 Å². The smallest absolute Gasteiger partial charge is 0.358 e. The van der Waals surface area contributed by atoms with Crippen LogP contribution in [0.25, 0.3) is 11.3 Å². The third-order valence-corrected chi connectivity index (χ3v) is 2.63. The van der Waals surface area contributed by atoms with Crippen LogP contribution in [-0.2, 0) is 4.74 Å². The van der Waals surface area contributed by atoms with Crippen LogP contribution in [0.5, 0.6) is 5.75 Å². The highest BCUT2D eigenvalue weighted by Crippen LogP contribution is 2.24. The van der Waals surface area contributed by atoms with E-state index in [0.717, 1.165) is 11.3 Å². The van der Waals surface area contributed by atoms with Crippen molar-refractivity contribution in [3.05, 3.63) is 36.2 Å². The number of carbonyl (C=O) groups is 1. The van der Waals surface area contributed by atoms with Gasteiger partial charge in [-0.25, -0.2) is 14.8 Å². The monoisotopic (exact) mass is 273 g/mol. The summed E-state index contributed by atoms with van der Waals surface area (Å²) in [7, 11) is 1.29. The Morgan fingerprint density at radius 2 is 2.00 bits per heavy atom. The van der Waals surface area contributed by atoms with Crippen molar-refractivity contribution in [3.8, 4) is 17.0 Å². The fraction of sp³-hybridized carbons (Fsp3) is 0.214. The molecular weight excluding hydrogens is 258 g/mol. The van der Waals surface area contributed by atoms with Crippen LogP contribution in [0.2, 0.25) is 0 Å². The first-order valence-corrected chi connectivity index (χ1v) is 6.09. The van der Waals surface area contributed by atoms with Gasteiger partial charge in [-0.15, -0.1) is 0 Å².